The van der Waals surface area contributed by atoms with E-state index in [1.54, 1.807) is 0 Å². The highest BCUT2D eigenvalue weighted by atomic mass is 16.1. The summed E-state index contributed by atoms with van der Waals surface area (Å²) in [6.07, 6.45) is 6.95. The fourth-order valence-electron chi connectivity index (χ4n) is 4.58. The smallest absolute Gasteiger partial charge is 0.180 e. The molecule has 5 aromatic rings. The van der Waals surface area contributed by atoms with E-state index < -0.39 is 0 Å². The van der Waals surface area contributed by atoms with Gasteiger partial charge in [0.1, 0.15) is 0 Å². The number of Topliss-reactive ketones (excluding diaryl/α,β-unsaturated/α-hetero) is 1. The van der Waals surface area contributed by atoms with Crippen LogP contribution in [0.1, 0.15) is 40.7 Å². The summed E-state index contributed by atoms with van der Waals surface area (Å²) in [5.41, 5.74) is 7.90. The van der Waals surface area contributed by atoms with Gasteiger partial charge in [-0.1, -0.05) is 78.9 Å². The first-order valence-corrected chi connectivity index (χ1v) is 12.5. The number of rotatable bonds is 8. The van der Waals surface area contributed by atoms with Crippen LogP contribution in [0, 0.1) is 12.8 Å². The maximum Gasteiger partial charge on any atom is 0.180 e. The summed E-state index contributed by atoms with van der Waals surface area (Å²) >= 11 is 0. The summed E-state index contributed by atoms with van der Waals surface area (Å²) in [5.74, 6) is 1.56. The molecule has 1 aliphatic carbocycles. The predicted molar refractivity (Wildman–Crippen MR) is 144 cm³/mol. The maximum atomic E-state index is 12.5. The van der Waals surface area contributed by atoms with Crippen LogP contribution in [-0.4, -0.2) is 20.2 Å². The van der Waals surface area contributed by atoms with Gasteiger partial charge < -0.3 is 5.32 Å². The summed E-state index contributed by atoms with van der Waals surface area (Å²) in [5, 5.41) is 3.53. The molecular formula is C31H28N4O. The highest BCUT2D eigenvalue weighted by Gasteiger charge is 2.25. The van der Waals surface area contributed by atoms with Crippen molar-refractivity contribution in [1.82, 2.24) is 14.4 Å². The van der Waals surface area contributed by atoms with Crippen LogP contribution >= 0.6 is 0 Å². The quantitative estimate of drug-likeness (QED) is 0.248. The maximum absolute atomic E-state index is 12.5. The van der Waals surface area contributed by atoms with Gasteiger partial charge in [0.05, 0.1) is 17.6 Å². The molecule has 0 bridgehead atoms. The van der Waals surface area contributed by atoms with Crippen molar-refractivity contribution in [2.45, 2.75) is 32.7 Å². The number of imidazole rings is 1. The van der Waals surface area contributed by atoms with Crippen molar-refractivity contribution in [2.24, 2.45) is 5.92 Å². The molecule has 6 rings (SSSR count). The van der Waals surface area contributed by atoms with Crippen LogP contribution < -0.4 is 5.32 Å². The second-order valence-corrected chi connectivity index (χ2v) is 9.61. The number of hydrogen-bond acceptors (Lipinski definition) is 4. The Labute approximate surface area is 210 Å². The Bertz CT molecular complexity index is 1530. The molecule has 1 aliphatic rings. The zero-order valence-electron chi connectivity index (χ0n) is 20.3. The minimum absolute atomic E-state index is 0.237. The van der Waals surface area contributed by atoms with E-state index in [1.165, 1.54) is 24.0 Å². The molecule has 0 aliphatic heterocycles. The van der Waals surface area contributed by atoms with Gasteiger partial charge >= 0.3 is 0 Å². The highest BCUT2D eigenvalue weighted by Crippen LogP contribution is 2.34. The number of nitrogens with zero attached hydrogens (tertiary/aromatic N) is 3. The molecule has 3 aromatic carbocycles. The van der Waals surface area contributed by atoms with E-state index in [-0.39, 0.29) is 5.78 Å². The average Bonchev–Trinajstić information content (AvgIpc) is 3.63. The third-order valence-corrected chi connectivity index (χ3v) is 6.94. The number of benzene rings is 3. The summed E-state index contributed by atoms with van der Waals surface area (Å²) in [7, 11) is 0. The Balaban J connectivity index is 1.38. The van der Waals surface area contributed by atoms with Gasteiger partial charge in [-0.2, -0.15) is 0 Å². The average molecular weight is 473 g/mol. The Hall–Kier alpha value is -4.25. The van der Waals surface area contributed by atoms with Gasteiger partial charge in [0.15, 0.2) is 17.2 Å². The van der Waals surface area contributed by atoms with E-state index in [0.717, 1.165) is 39.5 Å². The predicted octanol–water partition coefficient (Wildman–Crippen LogP) is 6.97. The molecule has 1 fully saturated rings. The van der Waals surface area contributed by atoms with Gasteiger partial charge in [-0.3, -0.25) is 9.20 Å². The molecule has 1 N–H and O–H groups in total. The van der Waals surface area contributed by atoms with E-state index in [4.69, 9.17) is 9.97 Å². The molecule has 0 amide bonds. The van der Waals surface area contributed by atoms with Crippen molar-refractivity contribution in [1.29, 1.82) is 0 Å². The number of aromatic nitrogens is 3. The molecule has 0 atom stereocenters. The van der Waals surface area contributed by atoms with Crippen LogP contribution in [0.4, 0.5) is 5.82 Å². The standard InChI is InChI=1S/C31H28N4O/c1-21-7-5-6-10-26(21)18-32-30-31-33-19-28(35(31)20-27(34-30)23-8-3-2-4-9-23)24-13-15-25(16-14-24)29(36)17-22-11-12-22/h2-10,13-16,19-20,22H,11-12,17-18H2,1H3,(H,32,34). The Morgan fingerprint density at radius 1 is 0.944 bits per heavy atom. The van der Waals surface area contributed by atoms with Gasteiger partial charge in [-0.25, -0.2) is 9.97 Å². The largest absolute Gasteiger partial charge is 0.363 e. The van der Waals surface area contributed by atoms with E-state index >= 15 is 0 Å². The van der Waals surface area contributed by atoms with Crippen LogP contribution in [0.15, 0.2) is 91.3 Å². The summed E-state index contributed by atoms with van der Waals surface area (Å²) in [6, 6.07) is 26.5. The molecule has 178 valence electrons. The molecule has 2 heterocycles. The Morgan fingerprint density at radius 2 is 1.69 bits per heavy atom. The molecule has 5 heteroatoms. The van der Waals surface area contributed by atoms with E-state index in [9.17, 15) is 4.79 Å². The Morgan fingerprint density at radius 3 is 2.44 bits per heavy atom. The van der Waals surface area contributed by atoms with Crippen molar-refractivity contribution < 1.29 is 4.79 Å². The van der Waals surface area contributed by atoms with Gasteiger partial charge in [-0.15, -0.1) is 0 Å². The lowest BCUT2D eigenvalue weighted by Gasteiger charge is -2.12. The molecule has 0 unspecified atom stereocenters. The first kappa shape index (κ1) is 22.2. The number of fused-ring (bicyclic) bond motifs is 1. The number of carbonyl (C=O) groups excluding carboxylic acids is 1. The number of anilines is 1. The first-order valence-electron chi connectivity index (χ1n) is 12.5. The normalized spacial score (nSPS) is 13.1. The topological polar surface area (TPSA) is 59.3 Å². The monoisotopic (exact) mass is 472 g/mol. The second kappa shape index (κ2) is 9.42. The molecule has 0 saturated heterocycles. The summed E-state index contributed by atoms with van der Waals surface area (Å²) < 4.78 is 2.09. The Kier molecular flexibility index (Phi) is 5.82. The van der Waals surface area contributed by atoms with Crippen LogP contribution in [0.5, 0.6) is 0 Å². The van der Waals surface area contributed by atoms with Gasteiger partial charge in [0.2, 0.25) is 0 Å². The molecule has 0 radical (unpaired) electrons. The molecule has 2 aromatic heterocycles. The minimum Gasteiger partial charge on any atom is -0.363 e. The minimum atomic E-state index is 0.237. The third kappa shape index (κ3) is 4.52. The number of nitrogens with one attached hydrogen (secondary N) is 1. The van der Waals surface area contributed by atoms with Crippen LogP contribution in [0.3, 0.4) is 0 Å². The number of carbonyl (C=O) groups is 1. The van der Waals surface area contributed by atoms with E-state index in [0.29, 0.717) is 18.9 Å². The lowest BCUT2D eigenvalue weighted by Crippen LogP contribution is -2.06. The van der Waals surface area contributed by atoms with Crippen molar-refractivity contribution in [2.75, 3.05) is 5.32 Å². The van der Waals surface area contributed by atoms with Gasteiger partial charge in [0, 0.05) is 35.9 Å². The summed E-state index contributed by atoms with van der Waals surface area (Å²) in [4.78, 5) is 22.2. The number of aryl methyl sites for hydroxylation is 1. The van der Waals surface area contributed by atoms with Crippen molar-refractivity contribution in [3.05, 3.63) is 108 Å². The lowest BCUT2D eigenvalue weighted by molar-refractivity contribution is 0.0976. The van der Waals surface area contributed by atoms with Crippen molar-refractivity contribution in [3.63, 3.8) is 0 Å². The van der Waals surface area contributed by atoms with Gasteiger partial charge in [0.25, 0.3) is 0 Å². The first-order chi connectivity index (χ1) is 17.7. The zero-order valence-corrected chi connectivity index (χ0v) is 20.3. The zero-order chi connectivity index (χ0) is 24.5. The van der Waals surface area contributed by atoms with Gasteiger partial charge in [-0.05, 0) is 36.8 Å². The van der Waals surface area contributed by atoms with E-state index in [2.05, 4.69) is 53.0 Å². The molecule has 1 saturated carbocycles. The van der Waals surface area contributed by atoms with Crippen LogP contribution in [0.25, 0.3) is 28.2 Å². The third-order valence-electron chi connectivity index (χ3n) is 6.94. The number of hydrogen-bond donors (Lipinski definition) is 1. The SMILES string of the molecule is Cc1ccccc1CNc1nc(-c2ccccc2)cn2c(-c3ccc(C(=O)CC4CC4)cc3)cnc12. The van der Waals surface area contributed by atoms with Crippen molar-refractivity contribution >= 4 is 17.2 Å². The second-order valence-electron chi connectivity index (χ2n) is 9.61. The van der Waals surface area contributed by atoms with Crippen LogP contribution in [-0.2, 0) is 6.54 Å². The lowest BCUT2D eigenvalue weighted by atomic mass is 10.0. The van der Waals surface area contributed by atoms with Crippen LogP contribution in [0.2, 0.25) is 0 Å². The van der Waals surface area contributed by atoms with Crippen molar-refractivity contribution in [3.8, 4) is 22.5 Å². The molecule has 0 spiro atoms. The summed E-state index contributed by atoms with van der Waals surface area (Å²) in [6.45, 7) is 2.78. The fourth-order valence-corrected chi connectivity index (χ4v) is 4.58. The molecular weight excluding hydrogens is 444 g/mol. The van der Waals surface area contributed by atoms with E-state index in [1.807, 2.05) is 54.9 Å². The fraction of sp³-hybridized carbons (Fsp3) is 0.194. The molecule has 5 nitrogen and oxygen atoms in total. The highest BCUT2D eigenvalue weighted by molar-refractivity contribution is 5.96. The number of ketones is 1. The molecule has 36 heavy (non-hydrogen) atoms.